The van der Waals surface area contributed by atoms with E-state index in [1.165, 1.54) is 0 Å². The number of hydrogen-bond acceptors (Lipinski definition) is 4. The number of ether oxygens (including phenoxy) is 2. The molecule has 156 valence electrons. The Morgan fingerprint density at radius 2 is 1.72 bits per heavy atom. The Morgan fingerprint density at radius 3 is 2.34 bits per heavy atom. The van der Waals surface area contributed by atoms with Crippen molar-refractivity contribution in [3.05, 3.63) is 59.2 Å². The first-order valence-corrected chi connectivity index (χ1v) is 10.2. The molecule has 0 aromatic heterocycles. The smallest absolute Gasteiger partial charge is 0.338 e. The van der Waals surface area contributed by atoms with Gasteiger partial charge < -0.3 is 14.8 Å². The molecular formula is C24H31NO4. The number of unbranched alkanes of at least 4 members (excludes halogenated alkanes) is 1. The molecule has 0 heterocycles. The number of esters is 1. The van der Waals surface area contributed by atoms with Crippen LogP contribution in [0.4, 0.5) is 5.69 Å². The first kappa shape index (κ1) is 22.5. The molecule has 0 bridgehead atoms. The second-order valence-corrected chi connectivity index (χ2v) is 7.51. The Hall–Kier alpha value is -2.82. The van der Waals surface area contributed by atoms with Gasteiger partial charge in [0.25, 0.3) is 5.91 Å². The topological polar surface area (TPSA) is 64.6 Å². The number of anilines is 1. The van der Waals surface area contributed by atoms with Gasteiger partial charge in [0.1, 0.15) is 5.75 Å². The van der Waals surface area contributed by atoms with Crippen LogP contribution in [0.5, 0.6) is 5.75 Å². The van der Waals surface area contributed by atoms with Gasteiger partial charge >= 0.3 is 5.97 Å². The molecule has 5 heteroatoms. The van der Waals surface area contributed by atoms with Crippen molar-refractivity contribution < 1.29 is 19.1 Å². The van der Waals surface area contributed by atoms with Crippen molar-refractivity contribution in [3.8, 4) is 5.75 Å². The van der Waals surface area contributed by atoms with Gasteiger partial charge in [-0.3, -0.25) is 4.79 Å². The lowest BCUT2D eigenvalue weighted by Gasteiger charge is -2.19. The molecule has 0 fully saturated rings. The predicted molar refractivity (Wildman–Crippen MR) is 116 cm³/mol. The van der Waals surface area contributed by atoms with Crippen molar-refractivity contribution in [2.24, 2.45) is 0 Å². The minimum Gasteiger partial charge on any atom is -0.481 e. The van der Waals surface area contributed by atoms with Gasteiger partial charge in [0, 0.05) is 5.69 Å². The van der Waals surface area contributed by atoms with Crippen molar-refractivity contribution in [2.75, 3.05) is 11.9 Å². The Labute approximate surface area is 173 Å². The normalized spacial score (nSPS) is 11.8. The molecule has 0 aliphatic heterocycles. The van der Waals surface area contributed by atoms with Crippen molar-refractivity contribution in [1.29, 1.82) is 0 Å². The van der Waals surface area contributed by atoms with Crippen LogP contribution in [0.3, 0.4) is 0 Å². The number of rotatable bonds is 9. The highest BCUT2D eigenvalue weighted by atomic mass is 16.5. The zero-order valence-corrected chi connectivity index (χ0v) is 18.0. The van der Waals surface area contributed by atoms with Gasteiger partial charge in [-0.2, -0.15) is 0 Å². The van der Waals surface area contributed by atoms with E-state index in [2.05, 4.69) is 19.2 Å². The fourth-order valence-corrected chi connectivity index (χ4v) is 2.79. The van der Waals surface area contributed by atoms with E-state index in [1.807, 2.05) is 32.0 Å². The third kappa shape index (κ3) is 6.63. The third-order valence-corrected chi connectivity index (χ3v) is 4.58. The highest BCUT2D eigenvalue weighted by Gasteiger charge is 2.18. The Balaban J connectivity index is 1.98. The molecule has 2 aromatic carbocycles. The molecule has 29 heavy (non-hydrogen) atoms. The maximum absolute atomic E-state index is 12.5. The van der Waals surface area contributed by atoms with E-state index in [9.17, 15) is 9.59 Å². The van der Waals surface area contributed by atoms with Gasteiger partial charge in [-0.25, -0.2) is 4.79 Å². The number of aryl methyl sites for hydroxylation is 1. The minimum absolute atomic E-state index is 0.250. The van der Waals surface area contributed by atoms with E-state index >= 15 is 0 Å². The second kappa shape index (κ2) is 10.6. The minimum atomic E-state index is -0.659. The summed E-state index contributed by atoms with van der Waals surface area (Å²) in [6.45, 7) is 10.4. The molecule has 0 aliphatic carbocycles. The average Bonchev–Trinajstić information content (AvgIpc) is 2.68. The van der Waals surface area contributed by atoms with Crippen molar-refractivity contribution >= 4 is 17.6 Å². The second-order valence-electron chi connectivity index (χ2n) is 7.51. The largest absolute Gasteiger partial charge is 0.481 e. The van der Waals surface area contributed by atoms with E-state index in [-0.39, 0.29) is 11.9 Å². The number of amides is 1. The van der Waals surface area contributed by atoms with Crippen LogP contribution in [0.1, 0.15) is 67.9 Å². The van der Waals surface area contributed by atoms with Crippen LogP contribution in [-0.4, -0.2) is 24.6 Å². The van der Waals surface area contributed by atoms with E-state index in [4.69, 9.17) is 9.47 Å². The fourth-order valence-electron chi connectivity index (χ4n) is 2.79. The van der Waals surface area contributed by atoms with Crippen molar-refractivity contribution in [2.45, 2.75) is 59.5 Å². The fraction of sp³-hybridized carbons (Fsp3) is 0.417. The molecular weight excluding hydrogens is 366 g/mol. The maximum atomic E-state index is 12.5. The molecule has 1 unspecified atom stereocenters. The standard InChI is InChI=1S/C24H31NO4/c1-6-7-14-28-24(27)19-9-11-20(12-10-19)25-23(26)18(5)29-22-15-17(4)8-13-21(22)16(2)3/h8-13,15-16,18H,6-7,14H2,1-5H3,(H,25,26). The van der Waals surface area contributed by atoms with Gasteiger partial charge in [-0.1, -0.05) is 39.3 Å². The zero-order valence-electron chi connectivity index (χ0n) is 18.0. The molecule has 0 radical (unpaired) electrons. The van der Waals surface area contributed by atoms with E-state index in [0.29, 0.717) is 23.8 Å². The predicted octanol–water partition coefficient (Wildman–Crippen LogP) is 5.48. The van der Waals surface area contributed by atoms with Crippen LogP contribution in [0, 0.1) is 6.92 Å². The lowest BCUT2D eigenvalue weighted by Crippen LogP contribution is -2.30. The van der Waals surface area contributed by atoms with Gasteiger partial charge in [0.2, 0.25) is 0 Å². The first-order valence-electron chi connectivity index (χ1n) is 10.2. The molecule has 1 amide bonds. The molecule has 0 aliphatic rings. The number of hydrogen-bond donors (Lipinski definition) is 1. The van der Waals surface area contributed by atoms with Crippen LogP contribution in [0.25, 0.3) is 0 Å². The monoisotopic (exact) mass is 397 g/mol. The van der Waals surface area contributed by atoms with Crippen LogP contribution in [-0.2, 0) is 9.53 Å². The highest BCUT2D eigenvalue weighted by molar-refractivity contribution is 5.95. The molecule has 0 saturated carbocycles. The summed E-state index contributed by atoms with van der Waals surface area (Å²) in [6.07, 6.45) is 1.16. The Kier molecular flexibility index (Phi) is 8.25. The number of benzene rings is 2. The summed E-state index contributed by atoms with van der Waals surface area (Å²) < 4.78 is 11.1. The maximum Gasteiger partial charge on any atom is 0.338 e. The summed E-state index contributed by atoms with van der Waals surface area (Å²) in [4.78, 5) is 24.5. The molecule has 5 nitrogen and oxygen atoms in total. The number of carbonyl (C=O) groups excluding carboxylic acids is 2. The molecule has 2 rings (SSSR count). The molecule has 1 atom stereocenters. The Morgan fingerprint density at radius 1 is 1.03 bits per heavy atom. The lowest BCUT2D eigenvalue weighted by molar-refractivity contribution is -0.122. The van der Waals surface area contributed by atoms with Crippen LogP contribution >= 0.6 is 0 Å². The third-order valence-electron chi connectivity index (χ3n) is 4.58. The quantitative estimate of drug-likeness (QED) is 0.449. The first-order chi connectivity index (χ1) is 13.8. The highest BCUT2D eigenvalue weighted by Crippen LogP contribution is 2.28. The lowest BCUT2D eigenvalue weighted by atomic mass is 10.0. The van der Waals surface area contributed by atoms with Gasteiger partial charge in [0.15, 0.2) is 6.10 Å². The van der Waals surface area contributed by atoms with E-state index in [0.717, 1.165) is 29.7 Å². The van der Waals surface area contributed by atoms with Crippen molar-refractivity contribution in [1.82, 2.24) is 0 Å². The Bertz CT molecular complexity index is 827. The summed E-state index contributed by atoms with van der Waals surface area (Å²) in [5, 5.41) is 2.83. The van der Waals surface area contributed by atoms with E-state index < -0.39 is 6.10 Å². The zero-order chi connectivity index (χ0) is 21.4. The van der Waals surface area contributed by atoms with Crippen LogP contribution < -0.4 is 10.1 Å². The van der Waals surface area contributed by atoms with Crippen molar-refractivity contribution in [3.63, 3.8) is 0 Å². The summed E-state index contributed by atoms with van der Waals surface area (Å²) in [5.41, 5.74) is 3.22. The SMILES string of the molecule is CCCCOC(=O)c1ccc(NC(=O)C(C)Oc2cc(C)ccc2C(C)C)cc1. The van der Waals surface area contributed by atoms with Crippen LogP contribution in [0.15, 0.2) is 42.5 Å². The van der Waals surface area contributed by atoms with Gasteiger partial charge in [-0.15, -0.1) is 0 Å². The summed E-state index contributed by atoms with van der Waals surface area (Å²) in [5.74, 6) is 0.423. The molecule has 2 aromatic rings. The summed E-state index contributed by atoms with van der Waals surface area (Å²) >= 11 is 0. The van der Waals surface area contributed by atoms with Crippen LogP contribution in [0.2, 0.25) is 0 Å². The number of carbonyl (C=O) groups is 2. The number of nitrogens with one attached hydrogen (secondary N) is 1. The molecule has 0 spiro atoms. The van der Waals surface area contributed by atoms with E-state index in [1.54, 1.807) is 31.2 Å². The summed E-state index contributed by atoms with van der Waals surface area (Å²) in [6, 6.07) is 12.7. The van der Waals surface area contributed by atoms with Gasteiger partial charge in [0.05, 0.1) is 12.2 Å². The summed E-state index contributed by atoms with van der Waals surface area (Å²) in [7, 11) is 0. The van der Waals surface area contributed by atoms with Gasteiger partial charge in [-0.05, 0) is 67.6 Å². The average molecular weight is 398 g/mol. The molecule has 0 saturated heterocycles. The molecule has 1 N–H and O–H groups in total.